The molecule has 3 fully saturated rings. The summed E-state index contributed by atoms with van der Waals surface area (Å²) < 4.78 is 0. The van der Waals surface area contributed by atoms with Crippen molar-refractivity contribution in [3.8, 4) is 0 Å². The summed E-state index contributed by atoms with van der Waals surface area (Å²) in [7, 11) is 0. The lowest BCUT2D eigenvalue weighted by atomic mass is 9.84. The van der Waals surface area contributed by atoms with E-state index in [1.165, 1.54) is 12.1 Å². The minimum Gasteiger partial charge on any atom is -0.366 e. The Morgan fingerprint density at radius 2 is 2.00 bits per heavy atom. The van der Waals surface area contributed by atoms with Crippen LogP contribution in [0.15, 0.2) is 18.2 Å². The zero-order chi connectivity index (χ0) is 18.3. The molecular formula is C17H20N6O3. The lowest BCUT2D eigenvalue weighted by Crippen LogP contribution is -2.59. The molecule has 0 saturated carbocycles. The lowest BCUT2D eigenvalue weighted by Gasteiger charge is -2.44. The largest absolute Gasteiger partial charge is 0.366 e. The van der Waals surface area contributed by atoms with Crippen LogP contribution in [-0.4, -0.2) is 58.6 Å². The molecule has 9 nitrogen and oxygen atoms in total. The Kier molecular flexibility index (Phi) is 4.08. The molecule has 5 rings (SSSR count). The van der Waals surface area contributed by atoms with Crippen molar-refractivity contribution >= 4 is 28.7 Å². The van der Waals surface area contributed by atoms with E-state index in [-0.39, 0.29) is 11.7 Å². The summed E-state index contributed by atoms with van der Waals surface area (Å²) in [5.74, 6) is -0.689. The predicted octanol–water partition coefficient (Wildman–Crippen LogP) is 0.195. The molecule has 3 saturated heterocycles. The van der Waals surface area contributed by atoms with Crippen molar-refractivity contribution in [3.63, 3.8) is 0 Å². The van der Waals surface area contributed by atoms with Crippen molar-refractivity contribution in [3.05, 3.63) is 29.5 Å². The van der Waals surface area contributed by atoms with Gasteiger partial charge < -0.3 is 16.0 Å². The van der Waals surface area contributed by atoms with E-state index < -0.39 is 17.8 Å². The normalized spacial score (nSPS) is 24.4. The minimum absolute atomic E-state index is 0.0688. The standard InChI is InChI=1S/C17H20N6O3/c18-15(24)10-1-2-11-12(7-10)21-22-14(11)16(25)20-17(26)19-13-8-23-5-3-9(13)4-6-23/h1-2,7,9,13H,3-6,8H2,(H2,18,24)(H,21,22)(H2,19,20,25,26)/t13-/m0/s1. The van der Waals surface area contributed by atoms with Gasteiger partial charge in [0.2, 0.25) is 5.91 Å². The number of aromatic amines is 1. The van der Waals surface area contributed by atoms with Crippen molar-refractivity contribution in [2.24, 2.45) is 11.7 Å². The molecular weight excluding hydrogens is 336 g/mol. The molecule has 26 heavy (non-hydrogen) atoms. The third-order valence-corrected chi connectivity index (χ3v) is 5.26. The summed E-state index contributed by atoms with van der Waals surface area (Å²) in [6.45, 7) is 2.99. The van der Waals surface area contributed by atoms with Gasteiger partial charge in [0.15, 0.2) is 5.69 Å². The number of amides is 4. The van der Waals surface area contributed by atoms with Gasteiger partial charge in [-0.2, -0.15) is 5.10 Å². The van der Waals surface area contributed by atoms with Gasteiger partial charge in [-0.25, -0.2) is 4.79 Å². The van der Waals surface area contributed by atoms with Gasteiger partial charge in [0.25, 0.3) is 5.91 Å². The fraction of sp³-hybridized carbons (Fsp3) is 0.412. The first-order chi connectivity index (χ1) is 12.5. The van der Waals surface area contributed by atoms with Crippen LogP contribution in [0.2, 0.25) is 0 Å². The van der Waals surface area contributed by atoms with E-state index in [0.29, 0.717) is 22.4 Å². The second-order valence-corrected chi connectivity index (χ2v) is 6.87. The molecule has 4 amide bonds. The number of aromatic nitrogens is 2. The van der Waals surface area contributed by atoms with Crippen LogP contribution in [0, 0.1) is 5.92 Å². The monoisotopic (exact) mass is 356 g/mol. The number of H-pyrrole nitrogens is 1. The van der Waals surface area contributed by atoms with E-state index >= 15 is 0 Å². The molecule has 5 N–H and O–H groups in total. The number of rotatable bonds is 3. The number of benzene rings is 1. The quantitative estimate of drug-likeness (QED) is 0.623. The van der Waals surface area contributed by atoms with E-state index in [2.05, 4.69) is 25.7 Å². The Balaban J connectivity index is 1.44. The van der Waals surface area contributed by atoms with E-state index in [0.717, 1.165) is 32.5 Å². The molecule has 3 aliphatic rings. The zero-order valence-electron chi connectivity index (χ0n) is 14.1. The number of urea groups is 1. The predicted molar refractivity (Wildman–Crippen MR) is 93.6 cm³/mol. The first-order valence-corrected chi connectivity index (χ1v) is 8.63. The van der Waals surface area contributed by atoms with Crippen LogP contribution >= 0.6 is 0 Å². The fourth-order valence-electron chi connectivity index (χ4n) is 3.84. The zero-order valence-corrected chi connectivity index (χ0v) is 14.1. The van der Waals surface area contributed by atoms with Crippen molar-refractivity contribution in [2.45, 2.75) is 18.9 Å². The number of imide groups is 1. The molecule has 0 radical (unpaired) electrons. The SMILES string of the molecule is NC(=O)c1ccc2c(C(=O)NC(=O)N[C@H]3CN4CCC3CC4)n[nH]c2c1. The summed E-state index contributed by atoms with van der Waals surface area (Å²) in [4.78, 5) is 38.2. The Bertz CT molecular complexity index is 884. The van der Waals surface area contributed by atoms with Crippen LogP contribution in [0.25, 0.3) is 10.9 Å². The first-order valence-electron chi connectivity index (χ1n) is 8.63. The van der Waals surface area contributed by atoms with E-state index in [1.54, 1.807) is 6.07 Å². The van der Waals surface area contributed by atoms with Crippen LogP contribution in [-0.2, 0) is 0 Å². The average Bonchev–Trinajstić information content (AvgIpc) is 3.05. The first kappa shape index (κ1) is 16.5. The van der Waals surface area contributed by atoms with Gasteiger partial charge >= 0.3 is 6.03 Å². The highest BCUT2D eigenvalue weighted by atomic mass is 16.2. The molecule has 2 aromatic rings. The lowest BCUT2D eigenvalue weighted by molar-refractivity contribution is 0.0757. The number of hydrogen-bond donors (Lipinski definition) is 4. The number of carbonyl (C=O) groups excluding carboxylic acids is 3. The summed E-state index contributed by atoms with van der Waals surface area (Å²) in [6.07, 6.45) is 2.15. The summed E-state index contributed by atoms with van der Waals surface area (Å²) in [5.41, 5.74) is 6.16. The molecule has 1 aromatic carbocycles. The highest BCUT2D eigenvalue weighted by molar-refractivity contribution is 6.11. The van der Waals surface area contributed by atoms with E-state index in [1.807, 2.05) is 0 Å². The maximum atomic E-state index is 12.4. The molecule has 4 heterocycles. The van der Waals surface area contributed by atoms with Gasteiger partial charge in [-0.3, -0.25) is 20.0 Å². The van der Waals surface area contributed by atoms with Crippen molar-refractivity contribution in [2.75, 3.05) is 19.6 Å². The van der Waals surface area contributed by atoms with Crippen molar-refractivity contribution in [1.29, 1.82) is 0 Å². The van der Waals surface area contributed by atoms with Gasteiger partial charge in [-0.15, -0.1) is 0 Å². The molecule has 2 bridgehead atoms. The molecule has 0 aliphatic carbocycles. The second-order valence-electron chi connectivity index (χ2n) is 6.87. The minimum atomic E-state index is -0.596. The molecule has 3 aliphatic heterocycles. The van der Waals surface area contributed by atoms with Crippen LogP contribution < -0.4 is 16.4 Å². The number of nitrogens with zero attached hydrogens (tertiary/aromatic N) is 2. The van der Waals surface area contributed by atoms with E-state index in [9.17, 15) is 14.4 Å². The Morgan fingerprint density at radius 3 is 2.65 bits per heavy atom. The van der Waals surface area contributed by atoms with Gasteiger partial charge in [-0.1, -0.05) is 0 Å². The number of nitrogens with one attached hydrogen (secondary N) is 3. The van der Waals surface area contributed by atoms with Gasteiger partial charge in [-0.05, 0) is 50.0 Å². The number of primary amides is 1. The van der Waals surface area contributed by atoms with Crippen LogP contribution in [0.5, 0.6) is 0 Å². The maximum Gasteiger partial charge on any atom is 0.322 e. The third-order valence-electron chi connectivity index (χ3n) is 5.26. The highest BCUT2D eigenvalue weighted by Crippen LogP contribution is 2.27. The molecule has 9 heteroatoms. The van der Waals surface area contributed by atoms with Gasteiger partial charge in [0.1, 0.15) is 0 Å². The smallest absolute Gasteiger partial charge is 0.322 e. The summed E-state index contributed by atoms with van der Waals surface area (Å²) in [5, 5.41) is 12.4. The van der Waals surface area contributed by atoms with E-state index in [4.69, 9.17) is 5.73 Å². The maximum absolute atomic E-state index is 12.4. The summed E-state index contributed by atoms with van der Waals surface area (Å²) >= 11 is 0. The number of nitrogens with two attached hydrogens (primary N) is 1. The van der Waals surface area contributed by atoms with Crippen LogP contribution in [0.3, 0.4) is 0 Å². The Labute approximate surface area is 149 Å². The number of fused-ring (bicyclic) bond motifs is 4. The van der Waals surface area contributed by atoms with Crippen LogP contribution in [0.4, 0.5) is 4.79 Å². The van der Waals surface area contributed by atoms with Gasteiger partial charge in [0.05, 0.1) is 5.52 Å². The van der Waals surface area contributed by atoms with Gasteiger partial charge in [0, 0.05) is 23.5 Å². The highest BCUT2D eigenvalue weighted by Gasteiger charge is 2.35. The summed E-state index contributed by atoms with van der Waals surface area (Å²) in [6, 6.07) is 4.18. The number of carbonyl (C=O) groups is 3. The molecule has 1 aromatic heterocycles. The third kappa shape index (κ3) is 3.01. The Hall–Kier alpha value is -2.94. The van der Waals surface area contributed by atoms with Crippen molar-refractivity contribution in [1.82, 2.24) is 25.7 Å². The van der Waals surface area contributed by atoms with Crippen LogP contribution in [0.1, 0.15) is 33.7 Å². The molecule has 0 unspecified atom stereocenters. The molecule has 1 atom stereocenters. The topological polar surface area (TPSA) is 133 Å². The number of piperidine rings is 3. The molecule has 0 spiro atoms. The Morgan fingerprint density at radius 1 is 1.23 bits per heavy atom. The van der Waals surface area contributed by atoms with Crippen molar-refractivity contribution < 1.29 is 14.4 Å². The number of hydrogen-bond acceptors (Lipinski definition) is 5. The second kappa shape index (κ2) is 6.41. The fourth-order valence-corrected chi connectivity index (χ4v) is 3.84. The average molecular weight is 356 g/mol. The molecule has 136 valence electrons.